The van der Waals surface area contributed by atoms with Crippen LogP contribution in [0.2, 0.25) is 0 Å². The Balaban J connectivity index is 2.16. The molecular weight excluding hydrogens is 392 g/mol. The molecule has 4 aromatic rings. The molecule has 2 nitrogen and oxygen atoms in total. The van der Waals surface area contributed by atoms with E-state index in [2.05, 4.69) is 12.1 Å². The van der Waals surface area contributed by atoms with E-state index in [1.165, 1.54) is 0 Å². The maximum atomic E-state index is 12.8. The maximum absolute atomic E-state index is 12.8. The normalized spacial score (nSPS) is 15.1. The Morgan fingerprint density at radius 3 is 1.12 bits per heavy atom. The first-order chi connectivity index (χ1) is 15.3. The lowest BCUT2D eigenvalue weighted by Gasteiger charge is -2.46. The summed E-state index contributed by atoms with van der Waals surface area (Å²) >= 11 is 0. The van der Waals surface area contributed by atoms with Crippen LogP contribution in [0.4, 0.5) is 0 Å². The van der Waals surface area contributed by atoms with Crippen LogP contribution in [0.15, 0.2) is 97.1 Å². The van der Waals surface area contributed by atoms with Crippen molar-refractivity contribution < 1.29 is 10.2 Å². The third-order valence-corrected chi connectivity index (χ3v) is 6.45. The fourth-order valence-corrected chi connectivity index (χ4v) is 4.92. The topological polar surface area (TPSA) is 40.5 Å². The van der Waals surface area contributed by atoms with Crippen molar-refractivity contribution in [3.63, 3.8) is 0 Å². The lowest BCUT2D eigenvalue weighted by atomic mass is 9.64. The molecule has 4 rings (SSSR count). The van der Waals surface area contributed by atoms with Crippen LogP contribution >= 0.6 is 0 Å². The molecule has 162 valence electrons. The summed E-state index contributed by atoms with van der Waals surface area (Å²) in [6.07, 6.45) is 0. The number of hydrogen-bond donors (Lipinski definition) is 2. The molecule has 32 heavy (non-hydrogen) atoms. The average Bonchev–Trinajstić information content (AvgIpc) is 2.79. The predicted molar refractivity (Wildman–Crippen MR) is 131 cm³/mol. The number of aliphatic hydroxyl groups is 2. The molecule has 0 aliphatic carbocycles. The van der Waals surface area contributed by atoms with Crippen LogP contribution in [0.25, 0.3) is 0 Å². The first-order valence-electron chi connectivity index (χ1n) is 11.0. The van der Waals surface area contributed by atoms with Crippen LogP contribution in [-0.2, 0) is 11.2 Å². The first-order valence-corrected chi connectivity index (χ1v) is 11.0. The van der Waals surface area contributed by atoms with Gasteiger partial charge in [-0.2, -0.15) is 0 Å². The van der Waals surface area contributed by atoms with E-state index in [0.717, 1.165) is 22.3 Å². The number of benzene rings is 4. The summed E-state index contributed by atoms with van der Waals surface area (Å²) in [6.45, 7) is 8.05. The summed E-state index contributed by atoms with van der Waals surface area (Å²) in [5.41, 5.74) is 3.25. The smallest absolute Gasteiger partial charge is 0.152 e. The van der Waals surface area contributed by atoms with Gasteiger partial charge in [0.2, 0.25) is 0 Å². The molecule has 0 aromatic heterocycles. The molecule has 0 heterocycles. The highest BCUT2D eigenvalue weighted by molar-refractivity contribution is 5.54. The molecule has 2 heteroatoms. The van der Waals surface area contributed by atoms with Gasteiger partial charge in [-0.25, -0.2) is 0 Å². The van der Waals surface area contributed by atoms with Crippen molar-refractivity contribution in [1.29, 1.82) is 0 Å². The Morgan fingerprint density at radius 2 is 0.812 bits per heavy atom. The molecule has 4 aromatic carbocycles. The van der Waals surface area contributed by atoms with Crippen LogP contribution in [0, 0.1) is 27.7 Å². The van der Waals surface area contributed by atoms with Gasteiger partial charge in [-0.15, -0.1) is 0 Å². The minimum absolute atomic E-state index is 0.637. The van der Waals surface area contributed by atoms with E-state index < -0.39 is 11.2 Å². The minimum atomic E-state index is -1.73. The fraction of sp³-hybridized carbons (Fsp3) is 0.200. The molecule has 0 saturated heterocycles. The van der Waals surface area contributed by atoms with Gasteiger partial charge < -0.3 is 10.2 Å². The molecule has 2 unspecified atom stereocenters. The zero-order valence-electron chi connectivity index (χ0n) is 19.1. The van der Waals surface area contributed by atoms with Crippen LogP contribution in [0.3, 0.4) is 0 Å². The molecule has 0 saturated carbocycles. The monoisotopic (exact) mass is 422 g/mol. The highest BCUT2D eigenvalue weighted by Crippen LogP contribution is 2.51. The predicted octanol–water partition coefficient (Wildman–Crippen LogP) is 6.09. The molecule has 0 spiro atoms. The maximum Gasteiger partial charge on any atom is 0.152 e. The Kier molecular flexibility index (Phi) is 5.77. The molecular formula is C30H30O2. The summed E-state index contributed by atoms with van der Waals surface area (Å²) < 4.78 is 0. The van der Waals surface area contributed by atoms with Gasteiger partial charge in [0.25, 0.3) is 0 Å². The standard InChI is InChI=1S/C30H30O2/c1-21-15-17-27(23(3)19-21)29(31,25-11-7-5-8-12-25)30(32,26-13-9-6-10-14-26)28-18-16-22(2)20-24(28)4/h5-20,31-32H,1-4H3. The largest absolute Gasteiger partial charge is 0.377 e. The molecule has 2 N–H and O–H groups in total. The Labute approximate surface area is 190 Å². The number of aryl methyl sites for hydroxylation is 4. The second-order valence-electron chi connectivity index (χ2n) is 8.79. The van der Waals surface area contributed by atoms with Crippen LogP contribution in [0.5, 0.6) is 0 Å². The Morgan fingerprint density at radius 1 is 0.469 bits per heavy atom. The van der Waals surface area contributed by atoms with Crippen LogP contribution in [0.1, 0.15) is 44.5 Å². The van der Waals surface area contributed by atoms with Crippen molar-refractivity contribution in [2.24, 2.45) is 0 Å². The minimum Gasteiger partial charge on any atom is -0.377 e. The lowest BCUT2D eigenvalue weighted by Crippen LogP contribution is -2.52. The third kappa shape index (κ3) is 3.46. The molecule has 0 fully saturated rings. The molecule has 0 bridgehead atoms. The summed E-state index contributed by atoms with van der Waals surface area (Å²) in [5, 5.41) is 25.6. The quantitative estimate of drug-likeness (QED) is 0.408. The van der Waals surface area contributed by atoms with Crippen molar-refractivity contribution in [2.45, 2.75) is 38.9 Å². The summed E-state index contributed by atoms with van der Waals surface area (Å²) in [4.78, 5) is 0. The number of rotatable bonds is 5. The van der Waals surface area contributed by atoms with E-state index in [0.29, 0.717) is 22.3 Å². The molecule has 0 aliphatic heterocycles. The van der Waals surface area contributed by atoms with E-state index in [4.69, 9.17) is 0 Å². The Bertz CT molecular complexity index is 1130. The van der Waals surface area contributed by atoms with Gasteiger partial charge in [0.15, 0.2) is 11.2 Å². The highest BCUT2D eigenvalue weighted by Gasteiger charge is 2.55. The van der Waals surface area contributed by atoms with E-state index in [9.17, 15) is 10.2 Å². The van der Waals surface area contributed by atoms with Gasteiger partial charge in [-0.1, -0.05) is 108 Å². The first kappa shape index (κ1) is 22.0. The van der Waals surface area contributed by atoms with E-state index in [1.807, 2.05) is 113 Å². The average molecular weight is 423 g/mol. The zero-order chi connectivity index (χ0) is 22.9. The van der Waals surface area contributed by atoms with E-state index in [1.54, 1.807) is 0 Å². The molecule has 0 radical (unpaired) electrons. The lowest BCUT2D eigenvalue weighted by molar-refractivity contribution is -0.113. The van der Waals surface area contributed by atoms with Crippen molar-refractivity contribution in [1.82, 2.24) is 0 Å². The van der Waals surface area contributed by atoms with Crippen molar-refractivity contribution in [3.05, 3.63) is 142 Å². The summed E-state index contributed by atoms with van der Waals surface area (Å²) in [7, 11) is 0. The van der Waals surface area contributed by atoms with Crippen molar-refractivity contribution >= 4 is 0 Å². The zero-order valence-corrected chi connectivity index (χ0v) is 19.1. The van der Waals surface area contributed by atoms with Gasteiger partial charge in [0, 0.05) is 0 Å². The van der Waals surface area contributed by atoms with Crippen molar-refractivity contribution in [3.8, 4) is 0 Å². The van der Waals surface area contributed by atoms with Gasteiger partial charge in [0.05, 0.1) is 0 Å². The van der Waals surface area contributed by atoms with Gasteiger partial charge >= 0.3 is 0 Å². The fourth-order valence-electron chi connectivity index (χ4n) is 4.92. The van der Waals surface area contributed by atoms with Crippen molar-refractivity contribution in [2.75, 3.05) is 0 Å². The van der Waals surface area contributed by atoms with E-state index >= 15 is 0 Å². The molecule has 2 atom stereocenters. The second-order valence-corrected chi connectivity index (χ2v) is 8.79. The Hall–Kier alpha value is -3.20. The third-order valence-electron chi connectivity index (χ3n) is 6.45. The van der Waals surface area contributed by atoms with Gasteiger partial charge in [-0.3, -0.25) is 0 Å². The van der Waals surface area contributed by atoms with Gasteiger partial charge in [0.1, 0.15) is 0 Å². The highest BCUT2D eigenvalue weighted by atomic mass is 16.4. The molecule has 0 aliphatic rings. The summed E-state index contributed by atoms with van der Waals surface area (Å²) in [6, 6.07) is 30.9. The van der Waals surface area contributed by atoms with Gasteiger partial charge in [-0.05, 0) is 61.1 Å². The summed E-state index contributed by atoms with van der Waals surface area (Å²) in [5.74, 6) is 0. The number of hydrogen-bond acceptors (Lipinski definition) is 2. The van der Waals surface area contributed by atoms with E-state index in [-0.39, 0.29) is 0 Å². The van der Waals surface area contributed by atoms with Crippen LogP contribution in [-0.4, -0.2) is 10.2 Å². The molecule has 0 amide bonds. The SMILES string of the molecule is Cc1ccc(C(O)(c2ccccc2)C(O)(c2ccccc2)c2ccc(C)cc2C)c(C)c1. The van der Waals surface area contributed by atoms with Crippen LogP contribution < -0.4 is 0 Å². The second kappa shape index (κ2) is 8.38.